The second kappa shape index (κ2) is 9.77. The molecule has 2 aliphatic rings. The first kappa shape index (κ1) is 26.1. The second-order valence-electron chi connectivity index (χ2n) is 10.6. The molecule has 0 spiro atoms. The van der Waals surface area contributed by atoms with Crippen LogP contribution in [0.25, 0.3) is 0 Å². The molecule has 2 atom stereocenters. The number of likely N-dealkylation sites (N-methyl/N-ethyl adjacent to an activating group) is 4. The summed E-state index contributed by atoms with van der Waals surface area (Å²) in [6, 6.07) is -1.85. The van der Waals surface area contributed by atoms with E-state index in [0.717, 1.165) is 25.7 Å². The van der Waals surface area contributed by atoms with E-state index in [1.165, 1.54) is 30.9 Å². The van der Waals surface area contributed by atoms with E-state index in [2.05, 4.69) is 19.2 Å². The molecule has 0 aromatic rings. The summed E-state index contributed by atoms with van der Waals surface area (Å²) in [5, 5.41) is 12.5. The highest BCUT2D eigenvalue weighted by Crippen LogP contribution is 2.49. The number of carbonyl (C=O) groups excluding carboxylic acids is 3. The maximum Gasteiger partial charge on any atom is 0.305 e. The molecule has 2 fully saturated rings. The fourth-order valence-corrected chi connectivity index (χ4v) is 5.65. The van der Waals surface area contributed by atoms with Gasteiger partial charge in [0.2, 0.25) is 17.7 Å². The van der Waals surface area contributed by atoms with Crippen molar-refractivity contribution in [2.24, 2.45) is 11.3 Å². The van der Waals surface area contributed by atoms with Gasteiger partial charge in [-0.25, -0.2) is 0 Å². The van der Waals surface area contributed by atoms with Crippen LogP contribution >= 0.6 is 0 Å². The third kappa shape index (κ3) is 5.24. The van der Waals surface area contributed by atoms with Crippen LogP contribution in [-0.4, -0.2) is 96.4 Å². The molecule has 0 unspecified atom stereocenters. The van der Waals surface area contributed by atoms with Crippen molar-refractivity contribution in [3.63, 3.8) is 0 Å². The fraction of sp³-hybridized carbons (Fsp3) is 0.826. The highest BCUT2D eigenvalue weighted by molar-refractivity contribution is 5.95. The van der Waals surface area contributed by atoms with Crippen LogP contribution in [0.3, 0.4) is 0 Å². The minimum absolute atomic E-state index is 0.0131. The van der Waals surface area contributed by atoms with Crippen LogP contribution in [0.15, 0.2) is 0 Å². The number of hydrogen-bond acceptors (Lipinski definition) is 5. The quantitative estimate of drug-likeness (QED) is 0.543. The Bertz CT molecular complexity index is 737. The molecule has 182 valence electrons. The van der Waals surface area contributed by atoms with Gasteiger partial charge in [0, 0.05) is 28.2 Å². The molecule has 9 heteroatoms. The minimum Gasteiger partial charge on any atom is -0.481 e. The van der Waals surface area contributed by atoms with E-state index in [0.29, 0.717) is 12.8 Å². The number of carboxylic acid groups (broad SMARTS) is 1. The number of carboxylic acids is 1. The first-order valence-electron chi connectivity index (χ1n) is 11.4. The monoisotopic (exact) mass is 452 g/mol. The van der Waals surface area contributed by atoms with E-state index >= 15 is 0 Å². The highest BCUT2D eigenvalue weighted by Gasteiger charge is 2.56. The first-order chi connectivity index (χ1) is 14.8. The predicted molar refractivity (Wildman–Crippen MR) is 121 cm³/mol. The Balaban J connectivity index is 2.34. The van der Waals surface area contributed by atoms with Crippen LogP contribution in [0.5, 0.6) is 0 Å². The molecule has 2 rings (SSSR count). The number of hydrogen-bond donors (Lipinski definition) is 2. The second-order valence-corrected chi connectivity index (χ2v) is 10.6. The van der Waals surface area contributed by atoms with E-state index in [1.54, 1.807) is 19.0 Å². The Hall–Kier alpha value is -2.16. The molecule has 3 amide bonds. The summed E-state index contributed by atoms with van der Waals surface area (Å²) < 4.78 is 0. The lowest BCUT2D eigenvalue weighted by molar-refractivity contribution is -0.159. The van der Waals surface area contributed by atoms with E-state index in [4.69, 9.17) is 0 Å². The van der Waals surface area contributed by atoms with Crippen molar-refractivity contribution in [1.82, 2.24) is 20.0 Å². The zero-order valence-electron chi connectivity index (χ0n) is 20.6. The van der Waals surface area contributed by atoms with Gasteiger partial charge in [0.1, 0.15) is 12.1 Å². The summed E-state index contributed by atoms with van der Waals surface area (Å²) in [6.45, 7) is 4.24. The van der Waals surface area contributed by atoms with Gasteiger partial charge in [-0.1, -0.05) is 26.7 Å². The normalized spacial score (nSPS) is 21.2. The highest BCUT2D eigenvalue weighted by atomic mass is 16.4. The van der Waals surface area contributed by atoms with E-state index in [9.17, 15) is 24.3 Å². The number of rotatable bonds is 9. The molecule has 0 radical (unpaired) electrons. The predicted octanol–water partition coefficient (Wildman–Crippen LogP) is 1.17. The Morgan fingerprint density at radius 3 is 1.91 bits per heavy atom. The summed E-state index contributed by atoms with van der Waals surface area (Å²) in [4.78, 5) is 55.5. The van der Waals surface area contributed by atoms with Crippen LogP contribution in [0.1, 0.15) is 58.8 Å². The molecule has 2 N–H and O–H groups in total. The molecule has 2 aliphatic carbocycles. The van der Waals surface area contributed by atoms with E-state index < -0.39 is 35.9 Å². The third-order valence-electron chi connectivity index (χ3n) is 7.19. The first-order valence-corrected chi connectivity index (χ1v) is 11.4. The van der Waals surface area contributed by atoms with Crippen LogP contribution in [0, 0.1) is 11.3 Å². The maximum absolute atomic E-state index is 13.7. The molecule has 0 aromatic carbocycles. The van der Waals surface area contributed by atoms with Crippen molar-refractivity contribution in [1.29, 1.82) is 0 Å². The van der Waals surface area contributed by atoms with Crippen molar-refractivity contribution >= 4 is 23.7 Å². The Morgan fingerprint density at radius 1 is 0.969 bits per heavy atom. The summed E-state index contributed by atoms with van der Waals surface area (Å²) in [7, 11) is 7.99. The number of amides is 3. The van der Waals surface area contributed by atoms with Gasteiger partial charge in [0.15, 0.2) is 0 Å². The lowest BCUT2D eigenvalue weighted by Crippen LogP contribution is -2.68. The van der Waals surface area contributed by atoms with Gasteiger partial charge < -0.3 is 25.1 Å². The van der Waals surface area contributed by atoms with Gasteiger partial charge in [-0.15, -0.1) is 0 Å². The molecular formula is C23H40N4O5. The molecule has 0 saturated heterocycles. The average molecular weight is 453 g/mol. The van der Waals surface area contributed by atoms with Gasteiger partial charge >= 0.3 is 5.97 Å². The minimum atomic E-state index is -1.16. The summed E-state index contributed by atoms with van der Waals surface area (Å²) in [5.74, 6) is -2.11. The molecule has 9 nitrogen and oxygen atoms in total. The molecule has 32 heavy (non-hydrogen) atoms. The molecular weight excluding hydrogens is 412 g/mol. The van der Waals surface area contributed by atoms with Gasteiger partial charge in [-0.2, -0.15) is 0 Å². The zero-order valence-corrected chi connectivity index (χ0v) is 20.6. The maximum atomic E-state index is 13.7. The number of nitrogens with one attached hydrogen (secondary N) is 1. The van der Waals surface area contributed by atoms with Crippen molar-refractivity contribution in [3.05, 3.63) is 0 Å². The molecule has 2 saturated carbocycles. The van der Waals surface area contributed by atoms with E-state index in [-0.39, 0.29) is 23.1 Å². The van der Waals surface area contributed by atoms with Crippen LogP contribution in [0.2, 0.25) is 0 Å². The number of nitrogens with zero attached hydrogens (tertiary/aromatic N) is 3. The molecule has 0 heterocycles. The molecule has 0 aliphatic heterocycles. The standard InChI is InChI=1S/C23H40N4O5/c1-22(2)13-23(14-22,24-3)21(32)27(7)18(15-10-8-9-11-15)20(31)26(6)16(12-17(28)29)19(30)25(4)5/h15-16,18,24H,8-14H2,1-7H3,(H,28,29)/t16-,18-/m0/s1. The lowest BCUT2D eigenvalue weighted by atomic mass is 9.58. The lowest BCUT2D eigenvalue weighted by Gasteiger charge is -2.54. The average Bonchev–Trinajstić information content (AvgIpc) is 3.22. The van der Waals surface area contributed by atoms with Crippen LogP contribution in [-0.2, 0) is 19.2 Å². The Morgan fingerprint density at radius 2 is 1.50 bits per heavy atom. The summed E-state index contributed by atoms with van der Waals surface area (Å²) in [5.41, 5.74) is -0.651. The zero-order chi connectivity index (χ0) is 24.4. The van der Waals surface area contributed by atoms with Crippen molar-refractivity contribution in [2.45, 2.75) is 76.4 Å². The number of carbonyl (C=O) groups is 4. The van der Waals surface area contributed by atoms with Crippen molar-refractivity contribution in [2.75, 3.05) is 35.2 Å². The van der Waals surface area contributed by atoms with Gasteiger partial charge in [0.25, 0.3) is 0 Å². The summed E-state index contributed by atoms with van der Waals surface area (Å²) in [6.07, 6.45) is 4.50. The topological polar surface area (TPSA) is 110 Å². The molecule has 0 aromatic heterocycles. The Kier molecular flexibility index (Phi) is 7.96. The fourth-order valence-electron chi connectivity index (χ4n) is 5.65. The van der Waals surface area contributed by atoms with E-state index in [1.807, 2.05) is 0 Å². The molecule has 0 bridgehead atoms. The van der Waals surface area contributed by atoms with Crippen molar-refractivity contribution < 1.29 is 24.3 Å². The Labute approximate surface area is 191 Å². The largest absolute Gasteiger partial charge is 0.481 e. The SMILES string of the molecule is CNC1(C(=O)N(C)[C@H](C(=O)N(C)[C@@H](CC(=O)O)C(=O)N(C)C)C2CCCC2)CC(C)(C)C1. The van der Waals surface area contributed by atoms with Gasteiger partial charge in [-0.3, -0.25) is 19.2 Å². The van der Waals surface area contributed by atoms with Gasteiger partial charge in [0.05, 0.1) is 12.0 Å². The number of aliphatic carboxylic acids is 1. The third-order valence-corrected chi connectivity index (χ3v) is 7.19. The summed E-state index contributed by atoms with van der Waals surface area (Å²) >= 11 is 0. The van der Waals surface area contributed by atoms with Crippen LogP contribution < -0.4 is 5.32 Å². The van der Waals surface area contributed by atoms with Crippen LogP contribution in [0.4, 0.5) is 0 Å². The van der Waals surface area contributed by atoms with Gasteiger partial charge in [-0.05, 0) is 44.1 Å². The smallest absolute Gasteiger partial charge is 0.305 e. The van der Waals surface area contributed by atoms with Crippen molar-refractivity contribution in [3.8, 4) is 0 Å².